The van der Waals surface area contributed by atoms with Crippen LogP contribution in [0.3, 0.4) is 0 Å². The van der Waals surface area contributed by atoms with E-state index in [0.717, 1.165) is 18.4 Å². The highest BCUT2D eigenvalue weighted by molar-refractivity contribution is 9.10. The highest BCUT2D eigenvalue weighted by atomic mass is 79.9. The van der Waals surface area contributed by atoms with E-state index >= 15 is 0 Å². The van der Waals surface area contributed by atoms with Gasteiger partial charge in [-0.2, -0.15) is 0 Å². The van der Waals surface area contributed by atoms with Gasteiger partial charge >= 0.3 is 0 Å². The maximum absolute atomic E-state index is 3.65. The number of hydrogen-bond donors (Lipinski definition) is 1. The van der Waals surface area contributed by atoms with Crippen molar-refractivity contribution in [2.45, 2.75) is 51.9 Å². The maximum atomic E-state index is 3.65. The van der Waals surface area contributed by atoms with Crippen LogP contribution in [0.15, 0.2) is 28.7 Å². The minimum atomic E-state index is 0.548. The van der Waals surface area contributed by atoms with Gasteiger partial charge in [-0.15, -0.1) is 0 Å². The van der Waals surface area contributed by atoms with E-state index in [0.29, 0.717) is 11.3 Å². The first-order valence-electron chi connectivity index (χ1n) is 8.57. The molecule has 3 rings (SSSR count). The summed E-state index contributed by atoms with van der Waals surface area (Å²) in [5, 5.41) is 3.65. The van der Waals surface area contributed by atoms with Crippen molar-refractivity contribution < 1.29 is 0 Å². The van der Waals surface area contributed by atoms with Crippen LogP contribution in [0, 0.1) is 17.3 Å². The Bertz CT molecular complexity index is 463. The molecular weight excluding hydrogens is 322 g/mol. The molecule has 116 valence electrons. The third-order valence-electron chi connectivity index (χ3n) is 6.02. The van der Waals surface area contributed by atoms with Gasteiger partial charge in [0.05, 0.1) is 0 Å². The van der Waals surface area contributed by atoms with Gasteiger partial charge < -0.3 is 5.32 Å². The van der Waals surface area contributed by atoms with Crippen molar-refractivity contribution in [2.24, 2.45) is 17.3 Å². The summed E-state index contributed by atoms with van der Waals surface area (Å²) in [6.07, 6.45) is 7.10. The first kappa shape index (κ1) is 15.6. The molecule has 0 bridgehead atoms. The predicted octanol–water partition coefficient (Wildman–Crippen LogP) is 5.36. The zero-order valence-electron chi connectivity index (χ0n) is 13.4. The van der Waals surface area contributed by atoms with Gasteiger partial charge in [0, 0.05) is 16.9 Å². The molecule has 1 N–H and O–H groups in total. The molecule has 0 radical (unpaired) electrons. The third kappa shape index (κ3) is 3.22. The van der Waals surface area contributed by atoms with Crippen LogP contribution in [0.4, 0.5) is 0 Å². The van der Waals surface area contributed by atoms with Gasteiger partial charge in [-0.1, -0.05) is 54.8 Å². The Morgan fingerprint density at radius 3 is 2.67 bits per heavy atom. The monoisotopic (exact) mass is 349 g/mol. The first-order valence-corrected chi connectivity index (χ1v) is 9.36. The highest BCUT2D eigenvalue weighted by Gasteiger charge is 2.44. The summed E-state index contributed by atoms with van der Waals surface area (Å²) >= 11 is 3.57. The van der Waals surface area contributed by atoms with Gasteiger partial charge in [-0.05, 0) is 60.8 Å². The molecule has 1 aromatic rings. The molecule has 21 heavy (non-hydrogen) atoms. The summed E-state index contributed by atoms with van der Waals surface area (Å²) < 4.78 is 1.19. The lowest BCUT2D eigenvalue weighted by atomic mass is 9.57. The maximum Gasteiger partial charge on any atom is 0.0175 e. The molecule has 1 aliphatic heterocycles. The molecule has 3 unspecified atom stereocenters. The van der Waals surface area contributed by atoms with Gasteiger partial charge in [-0.3, -0.25) is 0 Å². The van der Waals surface area contributed by atoms with E-state index in [4.69, 9.17) is 0 Å². The highest BCUT2D eigenvalue weighted by Crippen LogP contribution is 2.53. The van der Waals surface area contributed by atoms with Crippen molar-refractivity contribution in [3.05, 3.63) is 34.3 Å². The Labute approximate surface area is 138 Å². The van der Waals surface area contributed by atoms with Gasteiger partial charge in [0.15, 0.2) is 0 Å². The molecule has 2 heteroatoms. The summed E-state index contributed by atoms with van der Waals surface area (Å²) in [5.74, 6) is 2.46. The predicted molar refractivity (Wildman–Crippen MR) is 93.6 cm³/mol. The summed E-state index contributed by atoms with van der Waals surface area (Å²) in [6, 6.07) is 9.09. The Morgan fingerprint density at radius 2 is 1.95 bits per heavy atom. The van der Waals surface area contributed by atoms with E-state index in [1.165, 1.54) is 48.7 Å². The second-order valence-corrected chi connectivity index (χ2v) is 8.44. The summed E-state index contributed by atoms with van der Waals surface area (Å²) in [7, 11) is 0. The SMILES string of the molecule is CC(C)C1CCCC2(CCNCC2c2ccc(Br)cc2)C1. The van der Waals surface area contributed by atoms with E-state index in [2.05, 4.69) is 59.4 Å². The average Bonchev–Trinajstić information content (AvgIpc) is 2.49. The second kappa shape index (κ2) is 6.42. The molecule has 3 atom stereocenters. The molecule has 1 aliphatic carbocycles. The molecular formula is C19H28BrN. The quantitative estimate of drug-likeness (QED) is 0.757. The number of nitrogens with one attached hydrogen (secondary N) is 1. The second-order valence-electron chi connectivity index (χ2n) is 7.52. The smallest absolute Gasteiger partial charge is 0.0175 e. The van der Waals surface area contributed by atoms with Crippen LogP contribution < -0.4 is 5.32 Å². The zero-order chi connectivity index (χ0) is 14.9. The van der Waals surface area contributed by atoms with Crippen molar-refractivity contribution in [2.75, 3.05) is 13.1 Å². The number of halogens is 1. The van der Waals surface area contributed by atoms with Crippen molar-refractivity contribution in [1.29, 1.82) is 0 Å². The van der Waals surface area contributed by atoms with Gasteiger partial charge in [0.25, 0.3) is 0 Å². The van der Waals surface area contributed by atoms with Crippen LogP contribution in [-0.4, -0.2) is 13.1 Å². The van der Waals surface area contributed by atoms with Crippen molar-refractivity contribution >= 4 is 15.9 Å². The van der Waals surface area contributed by atoms with Gasteiger partial charge in [0.1, 0.15) is 0 Å². The fraction of sp³-hybridized carbons (Fsp3) is 0.684. The van der Waals surface area contributed by atoms with Crippen molar-refractivity contribution in [3.8, 4) is 0 Å². The minimum absolute atomic E-state index is 0.548. The summed E-state index contributed by atoms with van der Waals surface area (Å²) in [5.41, 5.74) is 2.08. The molecule has 0 amide bonds. The Morgan fingerprint density at radius 1 is 1.19 bits per heavy atom. The molecule has 1 heterocycles. The standard InChI is InChI=1S/C19H28BrN/c1-14(2)16-4-3-9-19(12-16)10-11-21-13-18(19)15-5-7-17(20)8-6-15/h5-8,14,16,18,21H,3-4,9-13H2,1-2H3. The van der Waals surface area contributed by atoms with Crippen LogP contribution >= 0.6 is 15.9 Å². The summed E-state index contributed by atoms with van der Waals surface area (Å²) in [6.45, 7) is 7.20. The number of rotatable bonds is 2. The van der Waals surface area contributed by atoms with E-state index in [1.807, 2.05) is 0 Å². The Hall–Kier alpha value is -0.340. The first-order chi connectivity index (χ1) is 10.1. The number of piperidine rings is 1. The van der Waals surface area contributed by atoms with E-state index in [-0.39, 0.29) is 0 Å². The van der Waals surface area contributed by atoms with E-state index in [9.17, 15) is 0 Å². The van der Waals surface area contributed by atoms with E-state index < -0.39 is 0 Å². The largest absolute Gasteiger partial charge is 0.316 e. The van der Waals surface area contributed by atoms with Crippen molar-refractivity contribution in [1.82, 2.24) is 5.32 Å². The lowest BCUT2D eigenvalue weighted by molar-refractivity contribution is 0.0545. The minimum Gasteiger partial charge on any atom is -0.316 e. The molecule has 1 spiro atoms. The summed E-state index contributed by atoms with van der Waals surface area (Å²) in [4.78, 5) is 0. The average molecular weight is 350 g/mol. The van der Waals surface area contributed by atoms with Crippen LogP contribution in [0.5, 0.6) is 0 Å². The Balaban J connectivity index is 1.88. The topological polar surface area (TPSA) is 12.0 Å². The van der Waals surface area contributed by atoms with Crippen LogP contribution in [0.1, 0.15) is 57.4 Å². The van der Waals surface area contributed by atoms with Crippen LogP contribution in [0.25, 0.3) is 0 Å². The zero-order valence-corrected chi connectivity index (χ0v) is 15.0. The van der Waals surface area contributed by atoms with Gasteiger partial charge in [0.2, 0.25) is 0 Å². The third-order valence-corrected chi connectivity index (χ3v) is 6.55. The molecule has 0 aromatic heterocycles. The molecule has 1 aromatic carbocycles. The lowest BCUT2D eigenvalue weighted by Crippen LogP contribution is -2.46. The molecule has 2 fully saturated rings. The Kier molecular flexibility index (Phi) is 4.75. The van der Waals surface area contributed by atoms with E-state index in [1.54, 1.807) is 0 Å². The number of hydrogen-bond acceptors (Lipinski definition) is 1. The molecule has 1 saturated heterocycles. The molecule has 1 saturated carbocycles. The fourth-order valence-electron chi connectivity index (χ4n) is 4.70. The lowest BCUT2D eigenvalue weighted by Gasteiger charge is -2.50. The normalized spacial score (nSPS) is 33.5. The molecule has 1 nitrogen and oxygen atoms in total. The van der Waals surface area contributed by atoms with Crippen molar-refractivity contribution in [3.63, 3.8) is 0 Å². The van der Waals surface area contributed by atoms with Gasteiger partial charge in [-0.25, -0.2) is 0 Å². The number of benzene rings is 1. The van der Waals surface area contributed by atoms with Crippen LogP contribution in [0.2, 0.25) is 0 Å². The molecule has 2 aliphatic rings. The fourth-order valence-corrected chi connectivity index (χ4v) is 4.96. The van der Waals surface area contributed by atoms with Crippen LogP contribution in [-0.2, 0) is 0 Å².